The van der Waals surface area contributed by atoms with Crippen LogP contribution in [0.2, 0.25) is 0 Å². The molecule has 0 aliphatic carbocycles. The van der Waals surface area contributed by atoms with Crippen LogP contribution in [0.25, 0.3) is 0 Å². The maximum atomic E-state index is 12.5. The molecule has 0 aromatic heterocycles. The summed E-state index contributed by atoms with van der Waals surface area (Å²) in [5.41, 5.74) is 4.29. The lowest BCUT2D eigenvalue weighted by Gasteiger charge is -2.22. The molecule has 1 aliphatic rings. The van der Waals surface area contributed by atoms with E-state index in [4.69, 9.17) is 0 Å². The summed E-state index contributed by atoms with van der Waals surface area (Å²) in [6.07, 6.45) is 2.09. The molecule has 3 rings (SSSR count). The predicted octanol–water partition coefficient (Wildman–Crippen LogP) is 3.21. The van der Waals surface area contributed by atoms with E-state index in [2.05, 4.69) is 9.82 Å². The van der Waals surface area contributed by atoms with Gasteiger partial charge >= 0.3 is 0 Å². The number of hydrogen-bond acceptors (Lipinski definition) is 5. The van der Waals surface area contributed by atoms with Crippen LogP contribution in [0.4, 0.5) is 11.4 Å². The van der Waals surface area contributed by atoms with Crippen LogP contribution in [0.15, 0.2) is 53.6 Å². The molecular formula is C21H26N4O3S. The molecule has 0 unspecified atom stereocenters. The lowest BCUT2D eigenvalue weighted by atomic mass is 9.98. The van der Waals surface area contributed by atoms with E-state index in [9.17, 15) is 13.2 Å². The van der Waals surface area contributed by atoms with Gasteiger partial charge < -0.3 is 4.90 Å². The zero-order valence-corrected chi connectivity index (χ0v) is 17.9. The summed E-state index contributed by atoms with van der Waals surface area (Å²) < 4.78 is 25.2. The molecule has 0 radical (unpaired) electrons. The molecule has 0 saturated carbocycles. The second-order valence-electron chi connectivity index (χ2n) is 7.30. The van der Waals surface area contributed by atoms with Gasteiger partial charge in [-0.3, -0.25) is 9.52 Å². The first kappa shape index (κ1) is 20.9. The number of hydrogen-bond donors (Lipinski definition) is 1. The average Bonchev–Trinajstić information content (AvgIpc) is 3.12. The summed E-state index contributed by atoms with van der Waals surface area (Å²) in [6.45, 7) is 1.83. The number of amides is 1. The number of carbonyl (C=O) groups is 1. The van der Waals surface area contributed by atoms with E-state index in [1.807, 2.05) is 62.3 Å². The second-order valence-corrected chi connectivity index (χ2v) is 9.04. The first-order chi connectivity index (χ1) is 13.7. The Morgan fingerprint density at radius 3 is 2.28 bits per heavy atom. The molecule has 0 spiro atoms. The second kappa shape index (κ2) is 8.24. The largest absolute Gasteiger partial charge is 0.378 e. The van der Waals surface area contributed by atoms with Crippen molar-refractivity contribution in [2.75, 3.05) is 30.0 Å². The third-order valence-electron chi connectivity index (χ3n) is 4.78. The zero-order valence-electron chi connectivity index (χ0n) is 17.1. The van der Waals surface area contributed by atoms with Gasteiger partial charge in [0.25, 0.3) is 0 Å². The van der Waals surface area contributed by atoms with Crippen molar-refractivity contribution in [2.24, 2.45) is 5.10 Å². The number of sulfonamides is 1. The molecule has 1 atom stereocenters. The number of benzene rings is 2. The number of nitrogens with one attached hydrogen (secondary N) is 1. The Morgan fingerprint density at radius 1 is 1.14 bits per heavy atom. The fourth-order valence-electron chi connectivity index (χ4n) is 3.28. The smallest absolute Gasteiger partial charge is 0.242 e. The number of hydrazone groups is 1. The molecule has 1 heterocycles. The Morgan fingerprint density at radius 2 is 1.76 bits per heavy atom. The highest BCUT2D eigenvalue weighted by Gasteiger charge is 2.32. The number of carbonyl (C=O) groups excluding carboxylic acids is 1. The summed E-state index contributed by atoms with van der Waals surface area (Å²) in [4.78, 5) is 14.5. The normalized spacial score (nSPS) is 16.5. The summed E-state index contributed by atoms with van der Waals surface area (Å²) in [5.74, 6) is -0.0305. The van der Waals surface area contributed by atoms with E-state index < -0.39 is 10.0 Å². The highest BCUT2D eigenvalue weighted by molar-refractivity contribution is 7.92. The maximum Gasteiger partial charge on any atom is 0.242 e. The van der Waals surface area contributed by atoms with Gasteiger partial charge in [0.2, 0.25) is 15.9 Å². The number of anilines is 2. The van der Waals surface area contributed by atoms with Crippen LogP contribution in [0.5, 0.6) is 0 Å². The van der Waals surface area contributed by atoms with E-state index in [1.54, 1.807) is 17.1 Å². The third-order valence-corrected chi connectivity index (χ3v) is 5.39. The van der Waals surface area contributed by atoms with Crippen LogP contribution in [0, 0.1) is 0 Å². The van der Waals surface area contributed by atoms with Crippen molar-refractivity contribution in [1.29, 1.82) is 0 Å². The molecule has 1 amide bonds. The van der Waals surface area contributed by atoms with Crippen molar-refractivity contribution in [1.82, 2.24) is 5.01 Å². The van der Waals surface area contributed by atoms with Crippen LogP contribution < -0.4 is 9.62 Å². The van der Waals surface area contributed by atoms with E-state index >= 15 is 0 Å². The number of rotatable bonds is 6. The molecular weight excluding hydrogens is 388 g/mol. The van der Waals surface area contributed by atoms with E-state index in [0.717, 1.165) is 28.8 Å². The highest BCUT2D eigenvalue weighted by atomic mass is 32.2. The van der Waals surface area contributed by atoms with Crippen molar-refractivity contribution in [2.45, 2.75) is 25.8 Å². The molecule has 1 aliphatic heterocycles. The molecule has 0 saturated heterocycles. The van der Waals surface area contributed by atoms with Crippen molar-refractivity contribution in [3.8, 4) is 0 Å². The van der Waals surface area contributed by atoms with E-state index in [-0.39, 0.29) is 11.9 Å². The van der Waals surface area contributed by atoms with E-state index in [0.29, 0.717) is 18.5 Å². The van der Waals surface area contributed by atoms with E-state index in [1.165, 1.54) is 0 Å². The van der Waals surface area contributed by atoms with Crippen LogP contribution >= 0.6 is 0 Å². The molecule has 154 valence electrons. The molecule has 2 aromatic rings. The first-order valence-electron chi connectivity index (χ1n) is 9.43. The van der Waals surface area contributed by atoms with Crippen LogP contribution in [0.3, 0.4) is 0 Å². The summed E-state index contributed by atoms with van der Waals surface area (Å²) in [7, 11) is 0.651. The zero-order chi connectivity index (χ0) is 21.2. The summed E-state index contributed by atoms with van der Waals surface area (Å²) in [6, 6.07) is 15.0. The minimum absolute atomic E-state index is 0.0305. The van der Waals surface area contributed by atoms with Gasteiger partial charge in [-0.2, -0.15) is 5.10 Å². The molecule has 2 aromatic carbocycles. The molecule has 29 heavy (non-hydrogen) atoms. The van der Waals surface area contributed by atoms with Crippen molar-refractivity contribution < 1.29 is 13.2 Å². The average molecular weight is 415 g/mol. The van der Waals surface area contributed by atoms with Crippen molar-refractivity contribution >= 4 is 33.0 Å². The molecule has 0 fully saturated rings. The van der Waals surface area contributed by atoms with Gasteiger partial charge in [0.1, 0.15) is 0 Å². The Hall–Kier alpha value is -2.87. The lowest BCUT2D eigenvalue weighted by Crippen LogP contribution is -2.26. The number of nitrogens with zero attached hydrogens (tertiary/aromatic N) is 3. The van der Waals surface area contributed by atoms with Gasteiger partial charge in [0.15, 0.2) is 0 Å². The maximum absolute atomic E-state index is 12.5. The Labute approximate surface area is 172 Å². The SMILES string of the molecule is CCC(=O)N1N=C(c2ccc(NS(C)(=O)=O)cc2)C[C@@H]1c1ccc(N(C)C)cc1. The molecule has 7 nitrogen and oxygen atoms in total. The quantitative estimate of drug-likeness (QED) is 0.787. The highest BCUT2D eigenvalue weighted by Crippen LogP contribution is 2.34. The van der Waals surface area contributed by atoms with Crippen molar-refractivity contribution in [3.63, 3.8) is 0 Å². The fraction of sp³-hybridized carbons (Fsp3) is 0.333. The minimum atomic E-state index is -3.32. The van der Waals surface area contributed by atoms with Gasteiger partial charge in [-0.25, -0.2) is 13.4 Å². The topological polar surface area (TPSA) is 82.1 Å². The van der Waals surface area contributed by atoms with Gasteiger partial charge in [-0.1, -0.05) is 31.2 Å². The molecule has 0 bridgehead atoms. The molecule has 8 heteroatoms. The van der Waals surface area contributed by atoms with Gasteiger partial charge in [-0.15, -0.1) is 0 Å². The fourth-order valence-corrected chi connectivity index (χ4v) is 3.84. The standard InChI is InChI=1S/C21H26N4O3S/c1-5-21(26)25-20(16-8-12-18(13-9-16)24(2)3)14-19(22-25)15-6-10-17(11-7-15)23-29(4,27)28/h6-13,20,23H,5,14H2,1-4H3/t20-/m1/s1. The summed E-state index contributed by atoms with van der Waals surface area (Å²) >= 11 is 0. The van der Waals surface area contributed by atoms with Crippen LogP contribution in [0.1, 0.15) is 36.9 Å². The summed E-state index contributed by atoms with van der Waals surface area (Å²) in [5, 5.41) is 6.17. The predicted molar refractivity (Wildman–Crippen MR) is 117 cm³/mol. The van der Waals surface area contributed by atoms with Gasteiger partial charge in [-0.05, 0) is 35.4 Å². The third kappa shape index (κ3) is 4.95. The molecule has 1 N–H and O–H groups in total. The Balaban J connectivity index is 1.86. The Kier molecular flexibility index (Phi) is 5.93. The lowest BCUT2D eigenvalue weighted by molar-refractivity contribution is -0.132. The van der Waals surface area contributed by atoms with Crippen molar-refractivity contribution in [3.05, 3.63) is 59.7 Å². The minimum Gasteiger partial charge on any atom is -0.378 e. The first-order valence-corrected chi connectivity index (χ1v) is 11.3. The van der Waals surface area contributed by atoms with Gasteiger partial charge in [0, 0.05) is 38.3 Å². The Bertz CT molecular complexity index is 1010. The van der Waals surface area contributed by atoms with Crippen LogP contribution in [-0.2, 0) is 14.8 Å². The van der Waals surface area contributed by atoms with Gasteiger partial charge in [0.05, 0.1) is 18.0 Å². The van der Waals surface area contributed by atoms with Crippen LogP contribution in [-0.4, -0.2) is 45.4 Å². The monoisotopic (exact) mass is 414 g/mol.